The first-order valence-corrected chi connectivity index (χ1v) is 8.01. The smallest absolute Gasteiger partial charge is 0.347 e. The Balaban J connectivity index is 1.91. The average molecular weight is 378 g/mol. The van der Waals surface area contributed by atoms with Crippen LogP contribution in [0.5, 0.6) is 0 Å². The van der Waals surface area contributed by atoms with Gasteiger partial charge in [0.25, 0.3) is 5.91 Å². The molecule has 3 heterocycles. The van der Waals surface area contributed by atoms with Gasteiger partial charge in [-0.1, -0.05) is 6.07 Å². The van der Waals surface area contributed by atoms with Gasteiger partial charge in [-0.3, -0.25) is 4.79 Å². The molecule has 0 aliphatic rings. The van der Waals surface area contributed by atoms with E-state index in [-0.39, 0.29) is 28.8 Å². The zero-order chi connectivity index (χ0) is 19.8. The molecule has 3 aromatic heterocycles. The van der Waals surface area contributed by atoms with E-state index in [1.807, 2.05) is 20.8 Å². The highest BCUT2D eigenvalue weighted by Gasteiger charge is 2.32. The van der Waals surface area contributed by atoms with E-state index in [9.17, 15) is 18.0 Å². The second-order valence-corrected chi connectivity index (χ2v) is 6.87. The standard InChI is InChI=1S/C17H17F3N6O/c1-16(2,3)25-15(27)10-9-21-26-8-7-13(24-14(10)26)23-12-6-4-5-11(22-12)17(18,19)20/h4-9H,1-3H3,(H,25,27)(H,22,23,24). The fraction of sp³-hybridized carbons (Fsp3) is 0.294. The van der Waals surface area contributed by atoms with Crippen LogP contribution in [-0.4, -0.2) is 31.0 Å². The van der Waals surface area contributed by atoms with Crippen molar-refractivity contribution in [2.24, 2.45) is 0 Å². The molecule has 3 rings (SSSR count). The van der Waals surface area contributed by atoms with Crippen LogP contribution in [0.2, 0.25) is 0 Å². The first-order valence-electron chi connectivity index (χ1n) is 8.01. The van der Waals surface area contributed by atoms with Gasteiger partial charge in [-0.15, -0.1) is 0 Å². The fourth-order valence-corrected chi connectivity index (χ4v) is 2.30. The monoisotopic (exact) mass is 378 g/mol. The Kier molecular flexibility index (Phi) is 4.50. The first-order chi connectivity index (χ1) is 12.5. The maximum absolute atomic E-state index is 12.8. The molecule has 0 spiro atoms. The molecule has 1 amide bonds. The minimum Gasteiger partial charge on any atom is -0.347 e. The van der Waals surface area contributed by atoms with Crippen LogP contribution in [0, 0.1) is 0 Å². The molecular formula is C17H17F3N6O. The number of pyridine rings is 1. The lowest BCUT2D eigenvalue weighted by molar-refractivity contribution is -0.141. The molecule has 0 aliphatic heterocycles. The van der Waals surface area contributed by atoms with E-state index in [4.69, 9.17) is 0 Å². The third kappa shape index (κ3) is 4.33. The van der Waals surface area contributed by atoms with Gasteiger partial charge in [0.1, 0.15) is 22.9 Å². The van der Waals surface area contributed by atoms with Crippen molar-refractivity contribution >= 4 is 23.2 Å². The molecule has 0 aromatic carbocycles. The van der Waals surface area contributed by atoms with Crippen molar-refractivity contribution in [1.29, 1.82) is 0 Å². The summed E-state index contributed by atoms with van der Waals surface area (Å²) in [5.74, 6) is -0.124. The van der Waals surface area contributed by atoms with Crippen LogP contribution in [0.4, 0.5) is 24.8 Å². The zero-order valence-electron chi connectivity index (χ0n) is 14.8. The highest BCUT2D eigenvalue weighted by molar-refractivity contribution is 6.00. The van der Waals surface area contributed by atoms with Crippen molar-refractivity contribution in [1.82, 2.24) is 24.9 Å². The number of carbonyl (C=O) groups is 1. The van der Waals surface area contributed by atoms with Crippen LogP contribution in [0.15, 0.2) is 36.7 Å². The van der Waals surface area contributed by atoms with Gasteiger partial charge in [-0.25, -0.2) is 14.5 Å². The molecule has 0 saturated heterocycles. The molecule has 0 fully saturated rings. The molecule has 3 aromatic rings. The number of hydrogen-bond acceptors (Lipinski definition) is 5. The Morgan fingerprint density at radius 1 is 1.07 bits per heavy atom. The van der Waals surface area contributed by atoms with E-state index in [2.05, 4.69) is 25.7 Å². The molecular weight excluding hydrogens is 361 g/mol. The molecule has 0 saturated carbocycles. The van der Waals surface area contributed by atoms with Gasteiger partial charge in [0, 0.05) is 11.7 Å². The summed E-state index contributed by atoms with van der Waals surface area (Å²) in [6, 6.07) is 5.05. The van der Waals surface area contributed by atoms with E-state index in [1.165, 1.54) is 28.9 Å². The Morgan fingerprint density at radius 3 is 2.44 bits per heavy atom. The third-order valence-electron chi connectivity index (χ3n) is 3.40. The number of carbonyl (C=O) groups excluding carboxylic acids is 1. The number of halogens is 3. The van der Waals surface area contributed by atoms with Gasteiger partial charge in [0.05, 0.1) is 6.20 Å². The highest BCUT2D eigenvalue weighted by Crippen LogP contribution is 2.28. The summed E-state index contributed by atoms with van der Waals surface area (Å²) in [6.45, 7) is 5.53. The van der Waals surface area contributed by atoms with Crippen molar-refractivity contribution < 1.29 is 18.0 Å². The van der Waals surface area contributed by atoms with Gasteiger partial charge in [0.15, 0.2) is 5.65 Å². The zero-order valence-corrected chi connectivity index (χ0v) is 14.8. The molecule has 10 heteroatoms. The van der Waals surface area contributed by atoms with Crippen LogP contribution in [0.25, 0.3) is 5.65 Å². The number of aromatic nitrogens is 4. The Morgan fingerprint density at radius 2 is 1.78 bits per heavy atom. The van der Waals surface area contributed by atoms with Crippen LogP contribution < -0.4 is 10.6 Å². The van der Waals surface area contributed by atoms with Gasteiger partial charge < -0.3 is 10.6 Å². The lowest BCUT2D eigenvalue weighted by atomic mass is 10.1. The summed E-state index contributed by atoms with van der Waals surface area (Å²) < 4.78 is 39.8. The van der Waals surface area contributed by atoms with Crippen molar-refractivity contribution in [3.05, 3.63) is 47.9 Å². The summed E-state index contributed by atoms with van der Waals surface area (Å²) in [5.41, 5.74) is -0.925. The van der Waals surface area contributed by atoms with E-state index >= 15 is 0 Å². The maximum atomic E-state index is 12.8. The SMILES string of the molecule is CC(C)(C)NC(=O)c1cnn2ccc(Nc3cccc(C(F)(F)F)n3)nc12. The number of hydrogen-bond donors (Lipinski definition) is 2. The van der Waals surface area contributed by atoms with E-state index < -0.39 is 17.4 Å². The van der Waals surface area contributed by atoms with Gasteiger partial charge >= 0.3 is 6.18 Å². The molecule has 0 bridgehead atoms. The predicted molar refractivity (Wildman–Crippen MR) is 92.7 cm³/mol. The normalized spacial score (nSPS) is 12.2. The van der Waals surface area contributed by atoms with Crippen LogP contribution in [-0.2, 0) is 6.18 Å². The van der Waals surface area contributed by atoms with E-state index in [0.29, 0.717) is 0 Å². The lowest BCUT2D eigenvalue weighted by Crippen LogP contribution is -2.40. The number of anilines is 2. The second kappa shape index (κ2) is 6.53. The van der Waals surface area contributed by atoms with Crippen LogP contribution in [0.1, 0.15) is 36.8 Å². The lowest BCUT2D eigenvalue weighted by Gasteiger charge is -2.19. The molecule has 2 N–H and O–H groups in total. The first kappa shape index (κ1) is 18.6. The van der Waals surface area contributed by atoms with Crippen molar-refractivity contribution in [2.45, 2.75) is 32.5 Å². The molecule has 0 unspecified atom stereocenters. The summed E-state index contributed by atoms with van der Waals surface area (Å²) in [5, 5.41) is 9.60. The Labute approximate surface area is 152 Å². The van der Waals surface area contributed by atoms with E-state index in [1.54, 1.807) is 6.20 Å². The summed E-state index contributed by atoms with van der Waals surface area (Å²) in [6.07, 6.45) is -1.61. The number of nitrogens with zero attached hydrogens (tertiary/aromatic N) is 4. The number of amides is 1. The number of alkyl halides is 3. The van der Waals surface area contributed by atoms with Crippen molar-refractivity contribution in [3.8, 4) is 0 Å². The Bertz CT molecular complexity index is 990. The molecule has 27 heavy (non-hydrogen) atoms. The van der Waals surface area contributed by atoms with Crippen LogP contribution in [0.3, 0.4) is 0 Å². The number of nitrogens with one attached hydrogen (secondary N) is 2. The van der Waals surface area contributed by atoms with Crippen molar-refractivity contribution in [2.75, 3.05) is 5.32 Å². The molecule has 0 radical (unpaired) electrons. The topological polar surface area (TPSA) is 84.2 Å². The summed E-state index contributed by atoms with van der Waals surface area (Å²) in [4.78, 5) is 20.2. The molecule has 0 atom stereocenters. The summed E-state index contributed by atoms with van der Waals surface area (Å²) in [7, 11) is 0. The third-order valence-corrected chi connectivity index (χ3v) is 3.40. The quantitative estimate of drug-likeness (QED) is 0.730. The minimum absolute atomic E-state index is 0.0121. The molecule has 7 nitrogen and oxygen atoms in total. The van der Waals surface area contributed by atoms with Gasteiger partial charge in [-0.2, -0.15) is 18.3 Å². The van der Waals surface area contributed by atoms with Gasteiger partial charge in [-0.05, 0) is 39.0 Å². The fourth-order valence-electron chi connectivity index (χ4n) is 2.30. The maximum Gasteiger partial charge on any atom is 0.433 e. The van der Waals surface area contributed by atoms with Crippen molar-refractivity contribution in [3.63, 3.8) is 0 Å². The molecule has 0 aliphatic carbocycles. The average Bonchev–Trinajstić information content (AvgIpc) is 2.96. The predicted octanol–water partition coefficient (Wildman–Crippen LogP) is 3.42. The Hall–Kier alpha value is -3.17. The van der Waals surface area contributed by atoms with E-state index in [0.717, 1.165) is 6.07 Å². The summed E-state index contributed by atoms with van der Waals surface area (Å²) >= 11 is 0. The van der Waals surface area contributed by atoms with Crippen LogP contribution >= 0.6 is 0 Å². The number of rotatable bonds is 3. The molecule has 142 valence electrons. The second-order valence-electron chi connectivity index (χ2n) is 6.87. The number of fused-ring (bicyclic) bond motifs is 1. The highest BCUT2D eigenvalue weighted by atomic mass is 19.4. The minimum atomic E-state index is -4.54. The largest absolute Gasteiger partial charge is 0.433 e. The van der Waals surface area contributed by atoms with Gasteiger partial charge in [0.2, 0.25) is 0 Å².